The summed E-state index contributed by atoms with van der Waals surface area (Å²) in [6.07, 6.45) is 6.12. The Morgan fingerprint density at radius 1 is 1.00 bits per heavy atom. The predicted molar refractivity (Wildman–Crippen MR) is 131 cm³/mol. The first-order valence-corrected chi connectivity index (χ1v) is 11.3. The topological polar surface area (TPSA) is 97.4 Å². The first-order valence-electron chi connectivity index (χ1n) is 11.0. The molecule has 1 saturated carbocycles. The summed E-state index contributed by atoms with van der Waals surface area (Å²) in [4.78, 5) is 34.4. The van der Waals surface area contributed by atoms with E-state index in [2.05, 4.69) is 15.3 Å². The highest BCUT2D eigenvalue weighted by molar-refractivity contribution is 6.30. The zero-order chi connectivity index (χ0) is 23.2. The molecule has 3 N–H and O–H groups in total. The van der Waals surface area contributed by atoms with E-state index in [0.29, 0.717) is 39.4 Å². The molecule has 2 aromatic carbocycles. The van der Waals surface area contributed by atoms with Gasteiger partial charge in [-0.1, -0.05) is 66.9 Å². The Balaban J connectivity index is 1.45. The van der Waals surface area contributed by atoms with Gasteiger partial charge < -0.3 is 11.1 Å². The maximum atomic E-state index is 12.9. The molecule has 1 aliphatic carbocycles. The van der Waals surface area contributed by atoms with Crippen LogP contribution in [-0.2, 0) is 6.42 Å². The van der Waals surface area contributed by atoms with Crippen LogP contribution in [0.5, 0.6) is 0 Å². The van der Waals surface area contributed by atoms with Crippen LogP contribution in [0.15, 0.2) is 71.9 Å². The van der Waals surface area contributed by atoms with Gasteiger partial charge in [-0.2, -0.15) is 0 Å². The van der Waals surface area contributed by atoms with Gasteiger partial charge in [0.25, 0.3) is 5.91 Å². The monoisotopic (exact) mass is 460 g/mol. The summed E-state index contributed by atoms with van der Waals surface area (Å²) in [6, 6.07) is 17.8. The van der Waals surface area contributed by atoms with Gasteiger partial charge >= 0.3 is 0 Å². The van der Waals surface area contributed by atoms with Crippen molar-refractivity contribution in [3.05, 3.63) is 94.1 Å². The van der Waals surface area contributed by atoms with Crippen LogP contribution in [0.25, 0.3) is 0 Å². The number of aliphatic imine (C=N–C) groups is 1. The Kier molecular flexibility index (Phi) is 7.15. The number of ketones is 1. The van der Waals surface area contributed by atoms with Gasteiger partial charge in [0, 0.05) is 29.3 Å². The van der Waals surface area contributed by atoms with Gasteiger partial charge in [0.2, 0.25) is 0 Å². The van der Waals surface area contributed by atoms with Crippen molar-refractivity contribution in [2.75, 3.05) is 5.32 Å². The third kappa shape index (κ3) is 5.84. The summed E-state index contributed by atoms with van der Waals surface area (Å²) < 4.78 is 0. The maximum Gasteiger partial charge on any atom is 0.257 e. The van der Waals surface area contributed by atoms with E-state index in [1.165, 1.54) is 19.0 Å². The number of nitrogens with two attached hydrogens (primary N) is 1. The molecule has 1 aromatic heterocycles. The Labute approximate surface area is 197 Å². The largest absolute Gasteiger partial charge is 0.383 e. The molecule has 168 valence electrons. The van der Waals surface area contributed by atoms with Crippen LogP contribution < -0.4 is 11.1 Å². The summed E-state index contributed by atoms with van der Waals surface area (Å²) in [5.41, 5.74) is 8.59. The van der Waals surface area contributed by atoms with Crippen molar-refractivity contribution < 1.29 is 9.59 Å². The maximum absolute atomic E-state index is 12.9. The van der Waals surface area contributed by atoms with Crippen LogP contribution >= 0.6 is 11.6 Å². The molecule has 0 aliphatic heterocycles. The van der Waals surface area contributed by atoms with Crippen LogP contribution in [0.4, 0.5) is 5.82 Å². The van der Waals surface area contributed by atoms with Crippen molar-refractivity contribution in [3.8, 4) is 0 Å². The van der Waals surface area contributed by atoms with Crippen LogP contribution in [-0.4, -0.2) is 28.6 Å². The third-order valence-corrected chi connectivity index (χ3v) is 5.95. The molecule has 0 spiro atoms. The van der Waals surface area contributed by atoms with E-state index in [1.807, 2.05) is 18.2 Å². The average Bonchev–Trinajstić information content (AvgIpc) is 3.34. The highest BCUT2D eigenvalue weighted by Gasteiger charge is 2.17. The van der Waals surface area contributed by atoms with Crippen LogP contribution in [0.1, 0.15) is 57.5 Å². The Morgan fingerprint density at radius 3 is 2.39 bits per heavy atom. The van der Waals surface area contributed by atoms with Gasteiger partial charge in [0.15, 0.2) is 5.78 Å². The summed E-state index contributed by atoms with van der Waals surface area (Å²) in [5.74, 6) is 0.480. The average molecular weight is 461 g/mol. The molecule has 33 heavy (non-hydrogen) atoms. The number of nitrogens with zero attached hydrogens (tertiary/aromatic N) is 2. The van der Waals surface area contributed by atoms with E-state index in [0.717, 1.165) is 18.4 Å². The minimum atomic E-state index is -0.334. The fourth-order valence-electron chi connectivity index (χ4n) is 3.94. The molecular weight excluding hydrogens is 436 g/mol. The summed E-state index contributed by atoms with van der Waals surface area (Å²) >= 11 is 5.84. The van der Waals surface area contributed by atoms with Crippen molar-refractivity contribution in [2.45, 2.75) is 38.1 Å². The minimum absolute atomic E-state index is 0.0854. The lowest BCUT2D eigenvalue weighted by Crippen LogP contribution is -2.17. The van der Waals surface area contributed by atoms with Crippen molar-refractivity contribution in [2.24, 2.45) is 10.7 Å². The lowest BCUT2D eigenvalue weighted by molar-refractivity contribution is 0.0992. The molecule has 0 radical (unpaired) electrons. The second-order valence-corrected chi connectivity index (χ2v) is 8.54. The second kappa shape index (κ2) is 10.4. The van der Waals surface area contributed by atoms with Gasteiger partial charge in [-0.3, -0.25) is 14.6 Å². The highest BCUT2D eigenvalue weighted by Crippen LogP contribution is 2.21. The Hall–Kier alpha value is -3.51. The Bertz CT molecular complexity index is 1170. The number of rotatable bonds is 7. The zero-order valence-corrected chi connectivity index (χ0v) is 18.9. The number of carbonyl (C=O) groups excluding carboxylic acids is 2. The van der Waals surface area contributed by atoms with Gasteiger partial charge in [-0.05, 0) is 36.6 Å². The van der Waals surface area contributed by atoms with E-state index in [9.17, 15) is 9.59 Å². The number of amidine groups is 1. The number of amides is 1. The van der Waals surface area contributed by atoms with Crippen molar-refractivity contribution in [1.29, 1.82) is 0 Å². The summed E-state index contributed by atoms with van der Waals surface area (Å²) in [6.45, 7) is 0. The van der Waals surface area contributed by atoms with Crippen LogP contribution in [0, 0.1) is 0 Å². The smallest absolute Gasteiger partial charge is 0.257 e. The number of hydrogen-bond donors (Lipinski definition) is 2. The number of carbonyl (C=O) groups is 2. The van der Waals surface area contributed by atoms with Gasteiger partial charge in [-0.25, -0.2) is 4.98 Å². The third-order valence-electron chi connectivity index (χ3n) is 5.73. The molecular formula is C26H25ClN4O2. The standard InChI is InChI=1S/C26H25ClN4O2/c27-20-13-14-24(29-16-20)31-26(33)22-8-4-1-5-19(22)15-23(32)17-9-11-18(12-10-17)25(28)30-21-6-2-3-7-21/h1,4-5,8-14,16,21H,2-3,6-7,15H2,(H2,28,30)(H,29,31,33). The summed E-state index contributed by atoms with van der Waals surface area (Å²) in [5, 5.41) is 3.22. The molecule has 4 rings (SSSR count). The zero-order valence-electron chi connectivity index (χ0n) is 18.1. The number of halogens is 1. The molecule has 0 atom stereocenters. The number of anilines is 1. The van der Waals surface area contributed by atoms with Gasteiger partial charge in [-0.15, -0.1) is 0 Å². The number of Topliss-reactive ketones (excluding diaryl/α,β-unsaturated/α-hetero) is 1. The van der Waals surface area contributed by atoms with Crippen molar-refractivity contribution >= 4 is 34.9 Å². The lowest BCUT2D eigenvalue weighted by atomic mass is 9.97. The summed E-state index contributed by atoms with van der Waals surface area (Å²) in [7, 11) is 0. The van der Waals surface area contributed by atoms with Crippen LogP contribution in [0.2, 0.25) is 5.02 Å². The molecule has 1 aliphatic rings. The van der Waals surface area contributed by atoms with E-state index >= 15 is 0 Å². The van der Waals surface area contributed by atoms with Gasteiger partial charge in [0.05, 0.1) is 11.1 Å². The Morgan fingerprint density at radius 2 is 1.70 bits per heavy atom. The molecule has 0 unspecified atom stereocenters. The van der Waals surface area contributed by atoms with E-state index < -0.39 is 0 Å². The minimum Gasteiger partial charge on any atom is -0.383 e. The fourth-order valence-corrected chi connectivity index (χ4v) is 4.05. The molecule has 7 heteroatoms. The number of nitrogens with one attached hydrogen (secondary N) is 1. The SMILES string of the molecule is NC(=NC1CCCC1)c1ccc(C(=O)Cc2ccccc2C(=O)Nc2ccc(Cl)cn2)cc1. The highest BCUT2D eigenvalue weighted by atomic mass is 35.5. The van der Waals surface area contributed by atoms with Crippen molar-refractivity contribution in [3.63, 3.8) is 0 Å². The quantitative estimate of drug-likeness (QED) is 0.292. The first kappa shape index (κ1) is 22.7. The van der Waals surface area contributed by atoms with E-state index in [-0.39, 0.29) is 18.1 Å². The molecule has 6 nitrogen and oxygen atoms in total. The predicted octanol–water partition coefficient (Wildman–Crippen LogP) is 5.06. The molecule has 1 amide bonds. The van der Waals surface area contributed by atoms with E-state index in [1.54, 1.807) is 42.5 Å². The normalized spacial score (nSPS) is 14.3. The molecule has 0 bridgehead atoms. The van der Waals surface area contributed by atoms with E-state index in [4.69, 9.17) is 17.3 Å². The first-order chi connectivity index (χ1) is 16.0. The van der Waals surface area contributed by atoms with Crippen LogP contribution in [0.3, 0.4) is 0 Å². The number of pyridine rings is 1. The van der Waals surface area contributed by atoms with Gasteiger partial charge in [0.1, 0.15) is 11.7 Å². The molecule has 3 aromatic rings. The number of aromatic nitrogens is 1. The molecule has 1 heterocycles. The lowest BCUT2D eigenvalue weighted by Gasteiger charge is -2.10. The molecule has 0 saturated heterocycles. The molecule has 1 fully saturated rings. The second-order valence-electron chi connectivity index (χ2n) is 8.10. The number of benzene rings is 2. The fraction of sp³-hybridized carbons (Fsp3) is 0.231. The number of hydrogen-bond acceptors (Lipinski definition) is 4. The van der Waals surface area contributed by atoms with Crippen molar-refractivity contribution in [1.82, 2.24) is 4.98 Å².